The maximum Gasteiger partial charge on any atom is 0.262 e. The van der Waals surface area contributed by atoms with Crippen molar-refractivity contribution in [2.45, 2.75) is 12.5 Å². The Morgan fingerprint density at radius 3 is 2.14 bits per heavy atom. The van der Waals surface area contributed by atoms with Gasteiger partial charge in [0.25, 0.3) is 5.91 Å². The third kappa shape index (κ3) is 8.30. The maximum absolute atomic E-state index is 12.3. The molecule has 0 radical (unpaired) electrons. The van der Waals surface area contributed by atoms with Gasteiger partial charge in [-0.15, -0.1) is 11.3 Å². The van der Waals surface area contributed by atoms with Crippen LogP contribution in [0.15, 0.2) is 35.7 Å². The van der Waals surface area contributed by atoms with Gasteiger partial charge in [-0.2, -0.15) is 0 Å². The molecule has 2 aromatic rings. The molecule has 0 aliphatic rings. The number of ether oxygens (including phenoxy) is 1. The van der Waals surface area contributed by atoms with Crippen molar-refractivity contribution in [3.8, 4) is 16.9 Å². The van der Waals surface area contributed by atoms with Crippen LogP contribution in [0.2, 0.25) is 0 Å². The number of rotatable bonds is 7. The largest absolute Gasteiger partial charge is 0.497 e. The zero-order valence-corrected chi connectivity index (χ0v) is 17.8. The first-order valence-corrected chi connectivity index (χ1v) is 9.51. The van der Waals surface area contributed by atoms with Crippen molar-refractivity contribution in [1.82, 2.24) is 10.6 Å². The number of likely N-dealkylation sites (N-methyl/N-ethyl adjacent to an activating group) is 1. The highest BCUT2D eigenvalue weighted by atomic mass is 32.1. The molecule has 0 spiro atoms. The van der Waals surface area contributed by atoms with Crippen molar-refractivity contribution in [3.05, 3.63) is 40.6 Å². The number of nitrogens with two attached hydrogens (primary N) is 3. The van der Waals surface area contributed by atoms with Gasteiger partial charge in [0.15, 0.2) is 0 Å². The number of amides is 3. The molecule has 9 nitrogen and oxygen atoms in total. The Labute approximate surface area is 174 Å². The molecule has 0 fully saturated rings. The molecule has 29 heavy (non-hydrogen) atoms. The van der Waals surface area contributed by atoms with Gasteiger partial charge in [-0.25, -0.2) is 0 Å². The fraction of sp³-hybridized carbons (Fsp3) is 0.316. The molecule has 10 heteroatoms. The topological polar surface area (TPSA) is 163 Å². The Balaban J connectivity index is 0.00000184. The minimum absolute atomic E-state index is 0.262. The monoisotopic (exact) mass is 423 g/mol. The Morgan fingerprint density at radius 1 is 1.07 bits per heavy atom. The summed E-state index contributed by atoms with van der Waals surface area (Å²) in [4.78, 5) is 35.6. The fourth-order valence-corrected chi connectivity index (χ4v) is 3.02. The van der Waals surface area contributed by atoms with Gasteiger partial charge in [-0.3, -0.25) is 14.4 Å². The number of primary amides is 1. The zero-order valence-electron chi connectivity index (χ0n) is 17.0. The number of benzene rings is 1. The van der Waals surface area contributed by atoms with E-state index in [1.807, 2.05) is 29.6 Å². The van der Waals surface area contributed by atoms with Gasteiger partial charge in [-0.1, -0.05) is 12.1 Å². The molecule has 3 amide bonds. The number of hydrogen-bond acceptors (Lipinski definition) is 7. The second kappa shape index (κ2) is 14.1. The predicted octanol–water partition coefficient (Wildman–Crippen LogP) is 0.293. The lowest BCUT2D eigenvalue weighted by Crippen LogP contribution is -2.47. The Morgan fingerprint density at radius 2 is 1.66 bits per heavy atom. The first kappa shape index (κ1) is 26.1. The van der Waals surface area contributed by atoms with E-state index in [1.54, 1.807) is 13.2 Å². The summed E-state index contributed by atoms with van der Waals surface area (Å²) in [6.45, 7) is 0. The summed E-state index contributed by atoms with van der Waals surface area (Å²) in [5.74, 6) is -0.825. The van der Waals surface area contributed by atoms with Crippen LogP contribution in [0.1, 0.15) is 16.1 Å². The van der Waals surface area contributed by atoms with E-state index in [9.17, 15) is 14.4 Å². The van der Waals surface area contributed by atoms with E-state index >= 15 is 0 Å². The van der Waals surface area contributed by atoms with Crippen molar-refractivity contribution < 1.29 is 19.1 Å². The van der Waals surface area contributed by atoms with Crippen LogP contribution in [0, 0.1) is 0 Å². The standard InChI is InChI=1S/C17H19N3O4S.2CH5N/c1-19-16(22)13(8-15(18)21)20-17(23)14-7-11(9-25-14)10-3-5-12(24-2)6-4-10;2*1-2/h3-7,9,13H,8H2,1-2H3,(H2,18,21)(H,19,22)(H,20,23);2*2H2,1H3/t13-;;/m0../s1. The SMILES string of the molecule is CN.CN.CNC(=O)[C@H](CC(N)=O)NC(=O)c1cc(-c2ccc(OC)cc2)cs1. The number of carbonyl (C=O) groups excluding carboxylic acids is 3. The van der Waals surface area contributed by atoms with Crippen molar-refractivity contribution >= 4 is 29.1 Å². The van der Waals surface area contributed by atoms with E-state index in [0.29, 0.717) is 4.88 Å². The lowest BCUT2D eigenvalue weighted by Gasteiger charge is -2.15. The normalized spacial score (nSPS) is 10.3. The van der Waals surface area contributed by atoms with Crippen LogP contribution in [-0.4, -0.2) is 52.0 Å². The molecule has 0 aliphatic carbocycles. The summed E-state index contributed by atoms with van der Waals surface area (Å²) in [6, 6.07) is 8.18. The molecule has 8 N–H and O–H groups in total. The van der Waals surface area contributed by atoms with E-state index in [2.05, 4.69) is 22.1 Å². The maximum atomic E-state index is 12.3. The molecule has 0 bridgehead atoms. The van der Waals surface area contributed by atoms with Gasteiger partial charge in [0.05, 0.1) is 18.4 Å². The third-order valence-corrected chi connectivity index (χ3v) is 4.45. The van der Waals surface area contributed by atoms with Gasteiger partial charge in [0, 0.05) is 7.05 Å². The molecule has 160 valence electrons. The lowest BCUT2D eigenvalue weighted by molar-refractivity contribution is -0.126. The summed E-state index contributed by atoms with van der Waals surface area (Å²) in [5, 5.41) is 6.78. The molecule has 0 saturated heterocycles. The smallest absolute Gasteiger partial charge is 0.262 e. The highest BCUT2D eigenvalue weighted by molar-refractivity contribution is 7.12. The van der Waals surface area contributed by atoms with Gasteiger partial charge in [-0.05, 0) is 48.8 Å². The number of carbonyl (C=O) groups is 3. The molecule has 0 aliphatic heterocycles. The molecule has 2 rings (SSSR count). The van der Waals surface area contributed by atoms with Crippen LogP contribution in [0.3, 0.4) is 0 Å². The number of thiophene rings is 1. The van der Waals surface area contributed by atoms with Crippen molar-refractivity contribution in [2.75, 3.05) is 28.3 Å². The van der Waals surface area contributed by atoms with Crippen LogP contribution in [0.5, 0.6) is 5.75 Å². The summed E-state index contributed by atoms with van der Waals surface area (Å²) < 4.78 is 5.12. The first-order valence-electron chi connectivity index (χ1n) is 8.63. The van der Waals surface area contributed by atoms with Crippen LogP contribution >= 0.6 is 11.3 Å². The van der Waals surface area contributed by atoms with Crippen LogP contribution in [0.4, 0.5) is 0 Å². The molecule has 0 saturated carbocycles. The van der Waals surface area contributed by atoms with Crippen molar-refractivity contribution in [2.24, 2.45) is 17.2 Å². The second-order valence-electron chi connectivity index (χ2n) is 5.24. The van der Waals surface area contributed by atoms with Gasteiger partial charge in [0.1, 0.15) is 11.8 Å². The molecular formula is C19H29N5O4S. The molecule has 1 heterocycles. The van der Waals surface area contributed by atoms with Gasteiger partial charge in [0.2, 0.25) is 11.8 Å². The Kier molecular flexibility index (Phi) is 12.7. The molecule has 1 aromatic carbocycles. The molecule has 1 atom stereocenters. The van der Waals surface area contributed by atoms with Crippen molar-refractivity contribution in [1.29, 1.82) is 0 Å². The average Bonchev–Trinajstić information content (AvgIpc) is 3.25. The number of hydrogen-bond donors (Lipinski definition) is 5. The predicted molar refractivity (Wildman–Crippen MR) is 116 cm³/mol. The van der Waals surface area contributed by atoms with E-state index in [4.69, 9.17) is 10.5 Å². The first-order chi connectivity index (χ1) is 13.9. The Hall–Kier alpha value is -2.95. The average molecular weight is 424 g/mol. The minimum Gasteiger partial charge on any atom is -0.497 e. The van der Waals surface area contributed by atoms with E-state index < -0.39 is 23.8 Å². The summed E-state index contributed by atoms with van der Waals surface area (Å²) in [5.41, 5.74) is 15.9. The lowest BCUT2D eigenvalue weighted by atomic mass is 10.1. The van der Waals surface area contributed by atoms with Crippen LogP contribution in [-0.2, 0) is 9.59 Å². The molecule has 1 aromatic heterocycles. The summed E-state index contributed by atoms with van der Waals surface area (Å²) in [7, 11) is 6.02. The van der Waals surface area contributed by atoms with Crippen LogP contribution in [0.25, 0.3) is 11.1 Å². The highest BCUT2D eigenvalue weighted by Gasteiger charge is 2.23. The fourth-order valence-electron chi connectivity index (χ4n) is 2.20. The highest BCUT2D eigenvalue weighted by Crippen LogP contribution is 2.27. The van der Waals surface area contributed by atoms with E-state index in [-0.39, 0.29) is 6.42 Å². The summed E-state index contributed by atoms with van der Waals surface area (Å²) in [6.07, 6.45) is -0.262. The Bertz CT molecular complexity index is 777. The van der Waals surface area contributed by atoms with Crippen molar-refractivity contribution in [3.63, 3.8) is 0 Å². The van der Waals surface area contributed by atoms with Gasteiger partial charge < -0.3 is 32.6 Å². The van der Waals surface area contributed by atoms with Crippen LogP contribution < -0.4 is 32.6 Å². The molecular weight excluding hydrogens is 394 g/mol. The zero-order chi connectivity index (χ0) is 22.4. The third-order valence-electron chi connectivity index (χ3n) is 3.52. The number of nitrogens with one attached hydrogen (secondary N) is 2. The molecule has 0 unspecified atom stereocenters. The number of methoxy groups -OCH3 is 1. The van der Waals surface area contributed by atoms with E-state index in [0.717, 1.165) is 16.9 Å². The second-order valence-corrected chi connectivity index (χ2v) is 6.15. The van der Waals surface area contributed by atoms with E-state index in [1.165, 1.54) is 32.5 Å². The summed E-state index contributed by atoms with van der Waals surface area (Å²) >= 11 is 1.25. The van der Waals surface area contributed by atoms with Gasteiger partial charge >= 0.3 is 0 Å². The quantitative estimate of drug-likeness (QED) is 0.430. The minimum atomic E-state index is -0.999.